The number of hydrogen-bond acceptors (Lipinski definition) is 7. The summed E-state index contributed by atoms with van der Waals surface area (Å²) in [6, 6.07) is 15.8. The molecule has 1 unspecified atom stereocenters. The number of Topliss-reactive ketones (excluding diaryl/α,β-unsaturated/α-hetero) is 1. The number of furan rings is 1. The van der Waals surface area contributed by atoms with Gasteiger partial charge in [-0.25, -0.2) is 0 Å². The van der Waals surface area contributed by atoms with Crippen LogP contribution in [0, 0.1) is 11.3 Å². The molecule has 0 spiro atoms. The highest BCUT2D eigenvalue weighted by molar-refractivity contribution is 6.51. The number of likely N-dealkylation sites (N-methyl/N-ethyl adjacent to an activating group) is 1. The zero-order valence-corrected chi connectivity index (χ0v) is 17.7. The number of fused-ring (bicyclic) bond motifs is 1. The Kier molecular flexibility index (Phi) is 4.87. The van der Waals surface area contributed by atoms with Gasteiger partial charge in [0.1, 0.15) is 29.9 Å². The zero-order valence-electron chi connectivity index (χ0n) is 17.7. The van der Waals surface area contributed by atoms with Crippen molar-refractivity contribution in [1.82, 2.24) is 0 Å². The van der Waals surface area contributed by atoms with Gasteiger partial charge in [0.2, 0.25) is 0 Å². The van der Waals surface area contributed by atoms with E-state index in [1.165, 1.54) is 11.2 Å². The van der Waals surface area contributed by atoms with Crippen molar-refractivity contribution in [2.24, 2.45) is 0 Å². The van der Waals surface area contributed by atoms with E-state index in [2.05, 4.69) is 0 Å². The Labute approximate surface area is 189 Å². The number of hydrogen-bond donors (Lipinski definition) is 1. The Morgan fingerprint density at radius 1 is 1.15 bits per heavy atom. The highest BCUT2D eigenvalue weighted by atomic mass is 16.5. The number of rotatable bonds is 3. The summed E-state index contributed by atoms with van der Waals surface area (Å²) in [6.07, 6.45) is 1.44. The minimum absolute atomic E-state index is 0.0707. The summed E-state index contributed by atoms with van der Waals surface area (Å²) in [5, 5.41) is 20.3. The van der Waals surface area contributed by atoms with Gasteiger partial charge in [-0.15, -0.1) is 0 Å². The van der Waals surface area contributed by atoms with E-state index in [9.17, 15) is 14.7 Å². The number of aliphatic hydroxyl groups excluding tert-OH is 1. The zero-order chi connectivity index (χ0) is 23.1. The van der Waals surface area contributed by atoms with Crippen molar-refractivity contribution in [3.05, 3.63) is 83.3 Å². The number of ketones is 1. The number of nitriles is 1. The first kappa shape index (κ1) is 20.4. The molecule has 2 aromatic carbocycles. The second-order valence-corrected chi connectivity index (χ2v) is 7.80. The summed E-state index contributed by atoms with van der Waals surface area (Å²) in [5.74, 6) is -0.895. The molecule has 5 rings (SSSR count). The number of nitrogens with zero attached hydrogens (tertiary/aromatic N) is 3. The third-order valence-electron chi connectivity index (χ3n) is 5.86. The molecule has 1 aromatic heterocycles. The van der Waals surface area contributed by atoms with Crippen molar-refractivity contribution in [1.29, 1.82) is 5.26 Å². The molecule has 3 heterocycles. The quantitative estimate of drug-likeness (QED) is 0.376. The normalized spacial score (nSPS) is 19.2. The highest BCUT2D eigenvalue weighted by Crippen LogP contribution is 2.43. The van der Waals surface area contributed by atoms with Crippen molar-refractivity contribution in [2.75, 3.05) is 30.0 Å². The molecule has 33 heavy (non-hydrogen) atoms. The molecular weight excluding hydrogens is 422 g/mol. The average Bonchev–Trinajstić information content (AvgIpc) is 3.46. The van der Waals surface area contributed by atoms with E-state index in [4.69, 9.17) is 14.4 Å². The lowest BCUT2D eigenvalue weighted by Crippen LogP contribution is -2.29. The first-order valence-corrected chi connectivity index (χ1v) is 10.3. The molecule has 2 aliphatic heterocycles. The maximum absolute atomic E-state index is 13.1. The van der Waals surface area contributed by atoms with E-state index >= 15 is 0 Å². The number of aliphatic hydroxyl groups is 1. The number of anilines is 2. The summed E-state index contributed by atoms with van der Waals surface area (Å²) in [7, 11) is 1.91. The third-order valence-corrected chi connectivity index (χ3v) is 5.86. The van der Waals surface area contributed by atoms with Crippen molar-refractivity contribution in [3.8, 4) is 11.8 Å². The van der Waals surface area contributed by atoms with Gasteiger partial charge < -0.3 is 19.2 Å². The van der Waals surface area contributed by atoms with E-state index in [0.29, 0.717) is 41.5 Å². The maximum atomic E-state index is 13.1. The van der Waals surface area contributed by atoms with Crippen LogP contribution >= 0.6 is 0 Å². The van der Waals surface area contributed by atoms with Crippen LogP contribution in [-0.4, -0.2) is 37.0 Å². The van der Waals surface area contributed by atoms with Crippen molar-refractivity contribution in [3.63, 3.8) is 0 Å². The van der Waals surface area contributed by atoms with Gasteiger partial charge in [0.15, 0.2) is 0 Å². The molecule has 164 valence electrons. The molecule has 1 N–H and O–H groups in total. The van der Waals surface area contributed by atoms with Gasteiger partial charge in [-0.2, -0.15) is 5.26 Å². The fraction of sp³-hybridized carbons (Fsp3) is 0.160. The van der Waals surface area contributed by atoms with Crippen LogP contribution in [0.2, 0.25) is 0 Å². The van der Waals surface area contributed by atoms with E-state index in [0.717, 1.165) is 5.69 Å². The number of amides is 1. The smallest absolute Gasteiger partial charge is 0.300 e. The molecule has 3 aromatic rings. The van der Waals surface area contributed by atoms with Gasteiger partial charge in [-0.05, 0) is 54.6 Å². The molecule has 8 nitrogen and oxygen atoms in total. The van der Waals surface area contributed by atoms with Crippen LogP contribution in [0.15, 0.2) is 70.9 Å². The van der Waals surface area contributed by atoms with Gasteiger partial charge in [0.25, 0.3) is 11.7 Å². The number of ether oxygens (including phenoxy) is 1. The largest absolute Gasteiger partial charge is 0.507 e. The summed E-state index contributed by atoms with van der Waals surface area (Å²) < 4.78 is 11.2. The van der Waals surface area contributed by atoms with Gasteiger partial charge >= 0.3 is 0 Å². The fourth-order valence-electron chi connectivity index (χ4n) is 4.16. The van der Waals surface area contributed by atoms with Gasteiger partial charge in [0, 0.05) is 18.3 Å². The van der Waals surface area contributed by atoms with Crippen LogP contribution in [0.25, 0.3) is 5.76 Å². The molecule has 8 heteroatoms. The third kappa shape index (κ3) is 3.31. The Bertz CT molecular complexity index is 1320. The van der Waals surface area contributed by atoms with Gasteiger partial charge in [0.05, 0.1) is 35.7 Å². The number of carbonyl (C=O) groups is 2. The summed E-state index contributed by atoms with van der Waals surface area (Å²) in [4.78, 5) is 29.5. The Balaban J connectivity index is 1.66. The van der Waals surface area contributed by atoms with Crippen LogP contribution in [0.3, 0.4) is 0 Å². The molecule has 0 saturated carbocycles. The Hall–Kier alpha value is -4.51. The first-order valence-electron chi connectivity index (χ1n) is 10.3. The van der Waals surface area contributed by atoms with Crippen LogP contribution in [0.4, 0.5) is 11.4 Å². The van der Waals surface area contributed by atoms with Crippen molar-refractivity contribution in [2.45, 2.75) is 6.04 Å². The second-order valence-electron chi connectivity index (χ2n) is 7.80. The molecule has 0 radical (unpaired) electrons. The van der Waals surface area contributed by atoms with Crippen molar-refractivity contribution < 1.29 is 23.8 Å². The maximum Gasteiger partial charge on any atom is 0.300 e. The summed E-state index contributed by atoms with van der Waals surface area (Å²) in [6.45, 7) is 1.25. The lowest BCUT2D eigenvalue weighted by molar-refractivity contribution is -0.132. The molecule has 2 aliphatic rings. The Morgan fingerprint density at radius 3 is 2.64 bits per heavy atom. The molecule has 1 fully saturated rings. The lowest BCUT2D eigenvalue weighted by atomic mass is 9.98. The topological polar surface area (TPSA) is 107 Å². The van der Waals surface area contributed by atoms with Crippen LogP contribution < -0.4 is 14.5 Å². The highest BCUT2D eigenvalue weighted by Gasteiger charge is 2.48. The Morgan fingerprint density at radius 2 is 1.94 bits per heavy atom. The molecular formula is C25H19N3O5. The van der Waals surface area contributed by atoms with Crippen molar-refractivity contribution >= 4 is 28.8 Å². The SMILES string of the molecule is CN1CCOc2ccc(/C(O)=C3/C(=O)C(=O)N(c4ccc(C#N)cc4)C3c3ccco3)cc21. The number of benzene rings is 2. The predicted octanol–water partition coefficient (Wildman–Crippen LogP) is 3.61. The first-order chi connectivity index (χ1) is 16.0. The van der Waals surface area contributed by atoms with Gasteiger partial charge in [-0.3, -0.25) is 14.5 Å². The van der Waals surface area contributed by atoms with Crippen LogP contribution in [-0.2, 0) is 9.59 Å². The summed E-state index contributed by atoms with van der Waals surface area (Å²) in [5.41, 5.74) is 1.93. The van der Waals surface area contributed by atoms with Crippen LogP contribution in [0.5, 0.6) is 5.75 Å². The minimum atomic E-state index is -0.960. The molecule has 1 amide bonds. The molecule has 0 aliphatic carbocycles. The summed E-state index contributed by atoms with van der Waals surface area (Å²) >= 11 is 0. The molecule has 0 bridgehead atoms. The predicted molar refractivity (Wildman–Crippen MR) is 120 cm³/mol. The standard InChI is InChI=1S/C25H19N3O5/c1-27-10-12-33-19-9-6-16(13-18(19)27)23(29)21-22(20-3-2-11-32-20)28(25(31)24(21)30)17-7-4-15(14-26)5-8-17/h2-9,11,13,22,29H,10,12H2,1H3/b23-21-. The van der Waals surface area contributed by atoms with E-state index in [1.54, 1.807) is 54.6 Å². The molecule has 1 atom stereocenters. The minimum Gasteiger partial charge on any atom is -0.507 e. The van der Waals surface area contributed by atoms with E-state index in [-0.39, 0.29) is 11.3 Å². The van der Waals surface area contributed by atoms with Crippen LogP contribution in [0.1, 0.15) is 22.9 Å². The molecule has 1 saturated heterocycles. The van der Waals surface area contributed by atoms with E-state index < -0.39 is 17.7 Å². The van der Waals surface area contributed by atoms with Gasteiger partial charge in [-0.1, -0.05) is 0 Å². The number of carbonyl (C=O) groups excluding carboxylic acids is 2. The fourth-order valence-corrected chi connectivity index (χ4v) is 4.16. The second kappa shape index (κ2) is 7.88. The van der Waals surface area contributed by atoms with E-state index in [1.807, 2.05) is 18.0 Å². The average molecular weight is 441 g/mol. The monoisotopic (exact) mass is 441 g/mol. The lowest BCUT2D eigenvalue weighted by Gasteiger charge is -2.28.